The summed E-state index contributed by atoms with van der Waals surface area (Å²) in [6, 6.07) is 6.10. The maximum Gasteiger partial charge on any atom is 0.203 e. The Kier molecular flexibility index (Phi) is 3.75. The minimum Gasteiger partial charge on any atom is -0.348 e. The molecular formula is C13H18N4. The quantitative estimate of drug-likeness (QED) is 0.858. The number of rotatable bonds is 5. The van der Waals surface area contributed by atoms with Crippen LogP contribution in [0.25, 0.3) is 0 Å². The van der Waals surface area contributed by atoms with Crippen LogP contribution in [0.1, 0.15) is 32.0 Å². The van der Waals surface area contributed by atoms with Crippen molar-refractivity contribution in [2.75, 3.05) is 5.32 Å². The highest BCUT2D eigenvalue weighted by Crippen LogP contribution is 2.15. The summed E-state index contributed by atoms with van der Waals surface area (Å²) in [5, 5.41) is 3.38. The van der Waals surface area contributed by atoms with Crippen molar-refractivity contribution >= 4 is 5.95 Å². The third-order valence-corrected chi connectivity index (χ3v) is 2.66. The van der Waals surface area contributed by atoms with E-state index in [0.29, 0.717) is 0 Å². The molecule has 0 radical (unpaired) electrons. The lowest BCUT2D eigenvalue weighted by Gasteiger charge is -2.15. The second-order valence-electron chi connectivity index (χ2n) is 4.06. The van der Waals surface area contributed by atoms with Gasteiger partial charge in [0.2, 0.25) is 5.95 Å². The molecule has 1 atom stereocenters. The van der Waals surface area contributed by atoms with Crippen LogP contribution in [-0.2, 0) is 6.54 Å². The zero-order valence-electron chi connectivity index (χ0n) is 10.3. The molecule has 1 unspecified atom stereocenters. The molecule has 17 heavy (non-hydrogen) atoms. The maximum absolute atomic E-state index is 4.34. The number of imidazole rings is 1. The van der Waals surface area contributed by atoms with E-state index in [2.05, 4.69) is 33.7 Å². The van der Waals surface area contributed by atoms with Crippen molar-refractivity contribution in [2.24, 2.45) is 0 Å². The lowest BCUT2D eigenvalue weighted by Crippen LogP contribution is -2.12. The standard InChI is InChI=1S/C13H18N4/c1-3-9-17-10-8-15-13(17)16-11(2)12-6-4-5-7-14-12/h4-8,10-11H,3,9H2,1-2H3,(H,15,16). The first-order chi connectivity index (χ1) is 8.31. The molecule has 4 heteroatoms. The van der Waals surface area contributed by atoms with Crippen molar-refractivity contribution in [2.45, 2.75) is 32.9 Å². The molecule has 0 aromatic carbocycles. The zero-order chi connectivity index (χ0) is 12.1. The van der Waals surface area contributed by atoms with Gasteiger partial charge in [0, 0.05) is 25.1 Å². The fraction of sp³-hybridized carbons (Fsp3) is 0.385. The second kappa shape index (κ2) is 5.48. The average molecular weight is 230 g/mol. The van der Waals surface area contributed by atoms with Crippen LogP contribution in [0, 0.1) is 0 Å². The summed E-state index contributed by atoms with van der Waals surface area (Å²) in [6.07, 6.45) is 6.73. The van der Waals surface area contributed by atoms with E-state index in [1.165, 1.54) is 0 Å². The molecule has 2 aromatic heterocycles. The van der Waals surface area contributed by atoms with E-state index >= 15 is 0 Å². The van der Waals surface area contributed by atoms with Crippen LogP contribution in [0.2, 0.25) is 0 Å². The number of aromatic nitrogens is 3. The first-order valence-corrected chi connectivity index (χ1v) is 6.00. The third-order valence-electron chi connectivity index (χ3n) is 2.66. The van der Waals surface area contributed by atoms with Crippen LogP contribution in [0.5, 0.6) is 0 Å². The Morgan fingerprint density at radius 2 is 2.18 bits per heavy atom. The highest BCUT2D eigenvalue weighted by molar-refractivity contribution is 5.30. The van der Waals surface area contributed by atoms with Crippen LogP contribution in [0.15, 0.2) is 36.8 Å². The Morgan fingerprint density at radius 3 is 2.88 bits per heavy atom. The summed E-state index contributed by atoms with van der Waals surface area (Å²) in [4.78, 5) is 8.66. The van der Waals surface area contributed by atoms with Gasteiger partial charge in [0.1, 0.15) is 0 Å². The number of nitrogens with zero attached hydrogens (tertiary/aromatic N) is 3. The maximum atomic E-state index is 4.34. The third kappa shape index (κ3) is 2.84. The lowest BCUT2D eigenvalue weighted by atomic mass is 10.2. The molecule has 0 saturated heterocycles. The van der Waals surface area contributed by atoms with Gasteiger partial charge in [-0.3, -0.25) is 4.98 Å². The average Bonchev–Trinajstić information content (AvgIpc) is 2.78. The zero-order valence-corrected chi connectivity index (χ0v) is 10.3. The minimum atomic E-state index is 0.161. The van der Waals surface area contributed by atoms with E-state index in [1.54, 1.807) is 0 Å². The molecule has 0 aliphatic rings. The van der Waals surface area contributed by atoms with Crippen LogP contribution in [0.4, 0.5) is 5.95 Å². The first-order valence-electron chi connectivity index (χ1n) is 6.00. The van der Waals surface area contributed by atoms with Gasteiger partial charge in [0.25, 0.3) is 0 Å². The van der Waals surface area contributed by atoms with E-state index in [9.17, 15) is 0 Å². The molecule has 0 aliphatic heterocycles. The van der Waals surface area contributed by atoms with Crippen molar-refractivity contribution in [3.05, 3.63) is 42.5 Å². The minimum absolute atomic E-state index is 0.161. The fourth-order valence-corrected chi connectivity index (χ4v) is 1.77. The summed E-state index contributed by atoms with van der Waals surface area (Å²) in [5.41, 5.74) is 1.03. The molecule has 1 N–H and O–H groups in total. The molecular weight excluding hydrogens is 212 g/mol. The van der Waals surface area contributed by atoms with Gasteiger partial charge in [-0.15, -0.1) is 0 Å². The molecule has 0 spiro atoms. The molecule has 0 fully saturated rings. The predicted molar refractivity (Wildman–Crippen MR) is 68.8 cm³/mol. The normalized spacial score (nSPS) is 12.4. The fourth-order valence-electron chi connectivity index (χ4n) is 1.77. The monoisotopic (exact) mass is 230 g/mol. The van der Waals surface area contributed by atoms with Gasteiger partial charge >= 0.3 is 0 Å². The van der Waals surface area contributed by atoms with E-state index in [4.69, 9.17) is 0 Å². The molecule has 2 rings (SSSR count). The van der Waals surface area contributed by atoms with Gasteiger partial charge < -0.3 is 9.88 Å². The summed E-state index contributed by atoms with van der Waals surface area (Å²) in [7, 11) is 0. The summed E-state index contributed by atoms with van der Waals surface area (Å²) in [5.74, 6) is 0.907. The Labute approximate surface area is 102 Å². The van der Waals surface area contributed by atoms with E-state index in [1.807, 2.05) is 36.8 Å². The molecule has 0 amide bonds. The van der Waals surface area contributed by atoms with Crippen LogP contribution in [-0.4, -0.2) is 14.5 Å². The highest BCUT2D eigenvalue weighted by atomic mass is 15.2. The van der Waals surface area contributed by atoms with Crippen molar-refractivity contribution in [1.82, 2.24) is 14.5 Å². The largest absolute Gasteiger partial charge is 0.348 e. The first kappa shape index (κ1) is 11.6. The number of hydrogen-bond acceptors (Lipinski definition) is 3. The van der Waals surface area contributed by atoms with Crippen molar-refractivity contribution in [3.8, 4) is 0 Å². The molecule has 4 nitrogen and oxygen atoms in total. The number of nitrogens with one attached hydrogen (secondary N) is 1. The number of anilines is 1. The Hall–Kier alpha value is -1.84. The predicted octanol–water partition coefficient (Wildman–Crippen LogP) is 2.86. The topological polar surface area (TPSA) is 42.7 Å². The Bertz CT molecular complexity index is 449. The van der Waals surface area contributed by atoms with Gasteiger partial charge in [-0.1, -0.05) is 13.0 Å². The van der Waals surface area contributed by atoms with Gasteiger partial charge in [-0.05, 0) is 25.5 Å². The van der Waals surface area contributed by atoms with Gasteiger partial charge in [-0.2, -0.15) is 0 Å². The Balaban J connectivity index is 2.08. The van der Waals surface area contributed by atoms with Gasteiger partial charge in [0.05, 0.1) is 11.7 Å². The molecule has 2 aromatic rings. The summed E-state index contributed by atoms with van der Waals surface area (Å²) < 4.78 is 2.12. The van der Waals surface area contributed by atoms with Crippen molar-refractivity contribution in [1.29, 1.82) is 0 Å². The summed E-state index contributed by atoms with van der Waals surface area (Å²) >= 11 is 0. The molecule has 0 bridgehead atoms. The number of aryl methyl sites for hydroxylation is 1. The highest BCUT2D eigenvalue weighted by Gasteiger charge is 2.09. The smallest absolute Gasteiger partial charge is 0.203 e. The van der Waals surface area contributed by atoms with E-state index in [0.717, 1.165) is 24.6 Å². The van der Waals surface area contributed by atoms with Gasteiger partial charge in [-0.25, -0.2) is 4.98 Å². The Morgan fingerprint density at radius 1 is 1.29 bits per heavy atom. The lowest BCUT2D eigenvalue weighted by molar-refractivity contribution is 0.672. The number of hydrogen-bond donors (Lipinski definition) is 1. The van der Waals surface area contributed by atoms with Crippen molar-refractivity contribution < 1.29 is 0 Å². The van der Waals surface area contributed by atoms with Crippen LogP contribution < -0.4 is 5.32 Å². The second-order valence-corrected chi connectivity index (χ2v) is 4.06. The molecule has 0 saturated carbocycles. The van der Waals surface area contributed by atoms with Crippen LogP contribution >= 0.6 is 0 Å². The molecule has 2 heterocycles. The number of pyridine rings is 1. The summed E-state index contributed by atoms with van der Waals surface area (Å²) in [6.45, 7) is 5.23. The molecule has 90 valence electrons. The van der Waals surface area contributed by atoms with Crippen LogP contribution in [0.3, 0.4) is 0 Å². The van der Waals surface area contributed by atoms with Gasteiger partial charge in [0.15, 0.2) is 0 Å². The van der Waals surface area contributed by atoms with E-state index in [-0.39, 0.29) is 6.04 Å². The SMILES string of the molecule is CCCn1ccnc1NC(C)c1ccccn1. The molecule has 0 aliphatic carbocycles. The van der Waals surface area contributed by atoms with Crippen molar-refractivity contribution in [3.63, 3.8) is 0 Å². The van der Waals surface area contributed by atoms with E-state index < -0.39 is 0 Å².